The normalized spacial score (nSPS) is 12.6. The summed E-state index contributed by atoms with van der Waals surface area (Å²) in [6.07, 6.45) is 9.21. The molecule has 1 aromatic carbocycles. The fourth-order valence-corrected chi connectivity index (χ4v) is 3.01. The summed E-state index contributed by atoms with van der Waals surface area (Å²) < 4.78 is 0. The average molecular weight is 332 g/mol. The van der Waals surface area contributed by atoms with Crippen molar-refractivity contribution in [2.45, 2.75) is 51.9 Å². The van der Waals surface area contributed by atoms with Gasteiger partial charge in [-0.15, -0.1) is 0 Å². The van der Waals surface area contributed by atoms with E-state index in [9.17, 15) is 0 Å². The van der Waals surface area contributed by atoms with E-state index in [-0.39, 0.29) is 0 Å². The predicted octanol–water partition coefficient (Wildman–Crippen LogP) is 6.25. The van der Waals surface area contributed by atoms with Gasteiger partial charge in [-0.3, -0.25) is 0 Å². The standard InChI is InChI=1S/C16H24BrCl/c1-2-3-4-5-6-9-14(13-17)12-15-10-7-8-11-16(15)18/h7-8,10-11,14H,2-6,9,12-13H2,1H3. The molecule has 0 aliphatic heterocycles. The first-order chi connectivity index (χ1) is 8.77. The van der Waals surface area contributed by atoms with Gasteiger partial charge in [0, 0.05) is 10.4 Å². The number of halogens is 2. The molecule has 0 aliphatic carbocycles. The highest BCUT2D eigenvalue weighted by Crippen LogP contribution is 2.23. The third kappa shape index (κ3) is 6.24. The molecule has 0 radical (unpaired) electrons. The minimum atomic E-state index is 0.714. The first-order valence-electron chi connectivity index (χ1n) is 7.07. The first-order valence-corrected chi connectivity index (χ1v) is 8.57. The van der Waals surface area contributed by atoms with Crippen molar-refractivity contribution < 1.29 is 0 Å². The Morgan fingerprint density at radius 2 is 1.83 bits per heavy atom. The maximum absolute atomic E-state index is 6.21. The lowest BCUT2D eigenvalue weighted by Crippen LogP contribution is -2.06. The third-order valence-corrected chi connectivity index (χ3v) is 4.68. The molecule has 0 aromatic heterocycles. The van der Waals surface area contributed by atoms with Crippen LogP contribution in [0.25, 0.3) is 0 Å². The van der Waals surface area contributed by atoms with E-state index >= 15 is 0 Å². The fourth-order valence-electron chi connectivity index (χ4n) is 2.25. The van der Waals surface area contributed by atoms with E-state index in [0.29, 0.717) is 5.92 Å². The molecule has 0 saturated heterocycles. The molecule has 102 valence electrons. The second kappa shape index (κ2) is 9.86. The van der Waals surface area contributed by atoms with Crippen LogP contribution in [0.5, 0.6) is 0 Å². The van der Waals surface area contributed by atoms with Crippen LogP contribution in [-0.2, 0) is 6.42 Å². The molecule has 18 heavy (non-hydrogen) atoms. The van der Waals surface area contributed by atoms with Crippen molar-refractivity contribution in [1.82, 2.24) is 0 Å². The van der Waals surface area contributed by atoms with E-state index in [1.807, 2.05) is 12.1 Å². The maximum atomic E-state index is 6.21. The van der Waals surface area contributed by atoms with Crippen LogP contribution in [-0.4, -0.2) is 5.33 Å². The Balaban J connectivity index is 2.31. The van der Waals surface area contributed by atoms with Crippen molar-refractivity contribution in [2.75, 3.05) is 5.33 Å². The van der Waals surface area contributed by atoms with Gasteiger partial charge >= 0.3 is 0 Å². The Kier molecular flexibility index (Phi) is 8.79. The summed E-state index contributed by atoms with van der Waals surface area (Å²) in [5.41, 5.74) is 1.29. The van der Waals surface area contributed by atoms with Crippen LogP contribution in [0.3, 0.4) is 0 Å². The number of unbranched alkanes of at least 4 members (excludes halogenated alkanes) is 4. The molecule has 0 aliphatic rings. The fraction of sp³-hybridized carbons (Fsp3) is 0.625. The van der Waals surface area contributed by atoms with E-state index in [2.05, 4.69) is 35.0 Å². The number of rotatable bonds is 9. The minimum absolute atomic E-state index is 0.714. The Morgan fingerprint density at radius 3 is 2.50 bits per heavy atom. The van der Waals surface area contributed by atoms with Crippen molar-refractivity contribution in [3.63, 3.8) is 0 Å². The topological polar surface area (TPSA) is 0 Å². The molecule has 0 nitrogen and oxygen atoms in total. The molecule has 2 heteroatoms. The zero-order valence-corrected chi connectivity index (χ0v) is 13.6. The van der Waals surface area contributed by atoms with E-state index in [1.165, 1.54) is 44.1 Å². The Bertz CT molecular complexity index is 325. The second-order valence-electron chi connectivity index (χ2n) is 5.02. The zero-order valence-electron chi connectivity index (χ0n) is 11.3. The van der Waals surface area contributed by atoms with Gasteiger partial charge in [0.2, 0.25) is 0 Å². The third-order valence-electron chi connectivity index (χ3n) is 3.40. The summed E-state index contributed by atoms with van der Waals surface area (Å²) in [6, 6.07) is 8.21. The summed E-state index contributed by atoms with van der Waals surface area (Å²) >= 11 is 9.85. The van der Waals surface area contributed by atoms with Gasteiger partial charge in [-0.05, 0) is 30.4 Å². The van der Waals surface area contributed by atoms with Crippen LogP contribution >= 0.6 is 27.5 Å². The molecule has 0 saturated carbocycles. The summed E-state index contributed by atoms with van der Waals surface area (Å²) in [7, 11) is 0. The van der Waals surface area contributed by atoms with Gasteiger partial charge in [-0.25, -0.2) is 0 Å². The predicted molar refractivity (Wildman–Crippen MR) is 85.8 cm³/mol. The molecule has 0 N–H and O–H groups in total. The van der Waals surface area contributed by atoms with E-state index < -0.39 is 0 Å². The monoisotopic (exact) mass is 330 g/mol. The van der Waals surface area contributed by atoms with Gasteiger partial charge < -0.3 is 0 Å². The molecule has 0 fully saturated rings. The van der Waals surface area contributed by atoms with Crippen molar-refractivity contribution in [3.05, 3.63) is 34.9 Å². The average Bonchev–Trinajstić information content (AvgIpc) is 2.39. The Morgan fingerprint density at radius 1 is 1.11 bits per heavy atom. The lowest BCUT2D eigenvalue weighted by atomic mass is 9.95. The molecule has 1 rings (SSSR count). The Labute approximate surface area is 125 Å². The van der Waals surface area contributed by atoms with Crippen molar-refractivity contribution in [2.24, 2.45) is 5.92 Å². The first kappa shape index (κ1) is 16.0. The van der Waals surface area contributed by atoms with Gasteiger partial charge in [0.05, 0.1) is 0 Å². The summed E-state index contributed by atoms with van der Waals surface area (Å²) in [5, 5.41) is 1.99. The van der Waals surface area contributed by atoms with Crippen LogP contribution in [0.15, 0.2) is 24.3 Å². The smallest absolute Gasteiger partial charge is 0.0438 e. The second-order valence-corrected chi connectivity index (χ2v) is 6.07. The molecule has 1 unspecified atom stereocenters. The van der Waals surface area contributed by atoms with Gasteiger partial charge in [0.25, 0.3) is 0 Å². The summed E-state index contributed by atoms with van der Waals surface area (Å²) in [5.74, 6) is 0.714. The Hall–Kier alpha value is -0.0100. The maximum Gasteiger partial charge on any atom is 0.0438 e. The quantitative estimate of drug-likeness (QED) is 0.370. The number of alkyl halides is 1. The number of hydrogen-bond acceptors (Lipinski definition) is 0. The molecule has 1 aromatic rings. The van der Waals surface area contributed by atoms with Crippen molar-refractivity contribution in [3.8, 4) is 0 Å². The van der Waals surface area contributed by atoms with E-state index in [1.54, 1.807) is 0 Å². The molecule has 0 amide bonds. The SMILES string of the molecule is CCCCCCCC(CBr)Cc1ccccc1Cl. The molecule has 0 spiro atoms. The van der Waals surface area contributed by atoms with Gasteiger partial charge in [-0.1, -0.05) is 84.8 Å². The van der Waals surface area contributed by atoms with Gasteiger partial charge in [-0.2, -0.15) is 0 Å². The van der Waals surface area contributed by atoms with Crippen LogP contribution in [0.2, 0.25) is 5.02 Å². The highest BCUT2D eigenvalue weighted by atomic mass is 79.9. The number of hydrogen-bond donors (Lipinski definition) is 0. The van der Waals surface area contributed by atoms with Gasteiger partial charge in [0.1, 0.15) is 0 Å². The highest BCUT2D eigenvalue weighted by Gasteiger charge is 2.10. The lowest BCUT2D eigenvalue weighted by molar-refractivity contribution is 0.492. The van der Waals surface area contributed by atoms with Crippen molar-refractivity contribution >= 4 is 27.5 Å². The van der Waals surface area contributed by atoms with Crippen LogP contribution in [0.1, 0.15) is 51.0 Å². The van der Waals surface area contributed by atoms with E-state index in [0.717, 1.165) is 16.8 Å². The highest BCUT2D eigenvalue weighted by molar-refractivity contribution is 9.09. The molecule has 0 bridgehead atoms. The van der Waals surface area contributed by atoms with Crippen LogP contribution < -0.4 is 0 Å². The number of benzene rings is 1. The largest absolute Gasteiger partial charge is 0.0925 e. The molecular formula is C16H24BrCl. The molecule has 0 heterocycles. The molecular weight excluding hydrogens is 308 g/mol. The van der Waals surface area contributed by atoms with Gasteiger partial charge in [0.15, 0.2) is 0 Å². The molecule has 1 atom stereocenters. The summed E-state index contributed by atoms with van der Waals surface area (Å²) in [6.45, 7) is 2.26. The van der Waals surface area contributed by atoms with Crippen molar-refractivity contribution in [1.29, 1.82) is 0 Å². The minimum Gasteiger partial charge on any atom is -0.0925 e. The van der Waals surface area contributed by atoms with Crippen LogP contribution in [0.4, 0.5) is 0 Å². The lowest BCUT2D eigenvalue weighted by Gasteiger charge is -2.14. The van der Waals surface area contributed by atoms with Crippen LogP contribution in [0, 0.1) is 5.92 Å². The van der Waals surface area contributed by atoms with E-state index in [4.69, 9.17) is 11.6 Å². The zero-order chi connectivity index (χ0) is 13.2. The summed E-state index contributed by atoms with van der Waals surface area (Å²) in [4.78, 5) is 0.